The lowest BCUT2D eigenvalue weighted by molar-refractivity contribution is -0.127. The summed E-state index contributed by atoms with van der Waals surface area (Å²) in [5.74, 6) is 0.376. The van der Waals surface area contributed by atoms with Crippen LogP contribution in [0.15, 0.2) is 34.2 Å². The van der Waals surface area contributed by atoms with E-state index < -0.39 is 10.0 Å². The number of nitrogens with two attached hydrogens (primary N) is 1. The van der Waals surface area contributed by atoms with E-state index in [0.29, 0.717) is 25.7 Å². The fourth-order valence-corrected chi connectivity index (χ4v) is 2.23. The molecule has 0 saturated carbocycles. The number of hydrogen-bond acceptors (Lipinski definition) is 5. The second-order valence-corrected chi connectivity index (χ2v) is 6.98. The maximum absolute atomic E-state index is 11.7. The molecule has 0 aliphatic rings. The van der Waals surface area contributed by atoms with Gasteiger partial charge in [0.2, 0.25) is 15.9 Å². The molecular formula is C15H25N5O4S. The molecule has 0 bridgehead atoms. The Bertz CT molecular complexity index is 686. The lowest BCUT2D eigenvalue weighted by atomic mass is 10.2. The molecule has 0 aliphatic heterocycles. The number of ether oxygens (including phenoxy) is 1. The number of amides is 1. The van der Waals surface area contributed by atoms with E-state index in [2.05, 4.69) is 15.6 Å². The van der Waals surface area contributed by atoms with Crippen LogP contribution in [-0.2, 0) is 26.1 Å². The molecule has 140 valence electrons. The van der Waals surface area contributed by atoms with Crippen LogP contribution in [-0.4, -0.2) is 66.1 Å². The summed E-state index contributed by atoms with van der Waals surface area (Å²) in [7, 11) is 1.23. The summed E-state index contributed by atoms with van der Waals surface area (Å²) < 4.78 is 27.5. The quantitative estimate of drug-likeness (QED) is 0.309. The summed E-state index contributed by atoms with van der Waals surface area (Å²) in [5.41, 5.74) is 0.805. The summed E-state index contributed by atoms with van der Waals surface area (Å²) >= 11 is 0. The minimum atomic E-state index is -3.71. The lowest BCUT2D eigenvalue weighted by Gasteiger charge is -2.14. The van der Waals surface area contributed by atoms with Gasteiger partial charge in [-0.15, -0.1) is 0 Å². The van der Waals surface area contributed by atoms with E-state index >= 15 is 0 Å². The number of nitrogens with one attached hydrogen (secondary N) is 2. The van der Waals surface area contributed by atoms with Gasteiger partial charge in [-0.3, -0.25) is 4.79 Å². The van der Waals surface area contributed by atoms with Gasteiger partial charge in [-0.25, -0.2) is 18.5 Å². The Kier molecular flexibility index (Phi) is 8.32. The first-order chi connectivity index (χ1) is 11.7. The normalized spacial score (nSPS) is 11.9. The highest BCUT2D eigenvalue weighted by atomic mass is 32.2. The molecule has 1 amide bonds. The number of benzene rings is 1. The van der Waals surface area contributed by atoms with Crippen molar-refractivity contribution in [2.75, 3.05) is 40.9 Å². The molecule has 1 aromatic rings. The third-order valence-corrected chi connectivity index (χ3v) is 4.11. The van der Waals surface area contributed by atoms with Crippen molar-refractivity contribution >= 4 is 21.9 Å². The van der Waals surface area contributed by atoms with E-state index in [-0.39, 0.29) is 17.3 Å². The molecule has 0 atom stereocenters. The second kappa shape index (κ2) is 9.97. The van der Waals surface area contributed by atoms with E-state index in [0.717, 1.165) is 5.56 Å². The molecule has 0 aliphatic carbocycles. The maximum atomic E-state index is 11.7. The molecule has 4 N–H and O–H groups in total. The fourth-order valence-electron chi connectivity index (χ4n) is 1.72. The van der Waals surface area contributed by atoms with Crippen molar-refractivity contribution in [3.05, 3.63) is 29.8 Å². The Morgan fingerprint density at radius 3 is 2.40 bits per heavy atom. The Labute approximate surface area is 148 Å². The van der Waals surface area contributed by atoms with Crippen LogP contribution in [0.5, 0.6) is 0 Å². The highest BCUT2D eigenvalue weighted by Gasteiger charge is 2.08. The van der Waals surface area contributed by atoms with E-state index in [1.807, 2.05) is 0 Å². The Morgan fingerprint density at radius 1 is 1.24 bits per heavy atom. The first-order valence-corrected chi connectivity index (χ1v) is 9.11. The van der Waals surface area contributed by atoms with Crippen LogP contribution in [0.25, 0.3) is 0 Å². The molecule has 0 aromatic heterocycles. The number of rotatable bonds is 8. The Balaban J connectivity index is 2.74. The maximum Gasteiger partial charge on any atom is 0.241 e. The molecule has 1 aromatic carbocycles. The number of guanidine groups is 1. The van der Waals surface area contributed by atoms with Gasteiger partial charge in [-0.2, -0.15) is 0 Å². The van der Waals surface area contributed by atoms with Crippen molar-refractivity contribution in [1.29, 1.82) is 0 Å². The van der Waals surface area contributed by atoms with Crippen LogP contribution < -0.4 is 15.8 Å². The molecule has 0 unspecified atom stereocenters. The largest absolute Gasteiger partial charge is 0.383 e. The van der Waals surface area contributed by atoms with Crippen LogP contribution in [0, 0.1) is 0 Å². The molecule has 0 saturated heterocycles. The summed E-state index contributed by atoms with van der Waals surface area (Å²) in [5, 5.41) is 11.1. The van der Waals surface area contributed by atoms with E-state index in [4.69, 9.17) is 9.88 Å². The number of hydrogen-bond donors (Lipinski definition) is 3. The summed E-state index contributed by atoms with van der Waals surface area (Å²) in [6.45, 7) is 1.44. The zero-order chi connectivity index (χ0) is 18.9. The van der Waals surface area contributed by atoms with Crippen molar-refractivity contribution < 1.29 is 17.9 Å². The number of likely N-dealkylation sites (N-methyl/N-ethyl adjacent to an activating group) is 1. The van der Waals surface area contributed by atoms with Gasteiger partial charge >= 0.3 is 0 Å². The molecular weight excluding hydrogens is 346 g/mol. The van der Waals surface area contributed by atoms with Crippen molar-refractivity contribution in [1.82, 2.24) is 15.5 Å². The number of sulfonamides is 1. The van der Waals surface area contributed by atoms with Gasteiger partial charge in [0.15, 0.2) is 5.96 Å². The Hall–Kier alpha value is -2.17. The number of carbonyl (C=O) groups is 1. The molecule has 0 spiro atoms. The highest BCUT2D eigenvalue weighted by Crippen LogP contribution is 2.09. The molecule has 0 heterocycles. The minimum absolute atomic E-state index is 0.0494. The Morgan fingerprint density at radius 2 is 1.88 bits per heavy atom. The first kappa shape index (κ1) is 20.9. The van der Waals surface area contributed by atoms with Crippen molar-refractivity contribution in [2.45, 2.75) is 11.4 Å². The minimum Gasteiger partial charge on any atom is -0.383 e. The van der Waals surface area contributed by atoms with Crippen LogP contribution in [0.1, 0.15) is 5.56 Å². The highest BCUT2D eigenvalue weighted by molar-refractivity contribution is 7.89. The second-order valence-electron chi connectivity index (χ2n) is 5.42. The predicted molar refractivity (Wildman–Crippen MR) is 95.5 cm³/mol. The van der Waals surface area contributed by atoms with Crippen LogP contribution in [0.2, 0.25) is 0 Å². The van der Waals surface area contributed by atoms with Crippen LogP contribution in [0.4, 0.5) is 0 Å². The number of aliphatic imine (C=N–C) groups is 1. The molecule has 9 nitrogen and oxygen atoms in total. The van der Waals surface area contributed by atoms with Gasteiger partial charge < -0.3 is 20.3 Å². The number of carbonyl (C=O) groups excluding carboxylic acids is 1. The third kappa shape index (κ3) is 7.96. The number of nitrogens with zero attached hydrogens (tertiary/aromatic N) is 2. The zero-order valence-electron chi connectivity index (χ0n) is 14.7. The van der Waals surface area contributed by atoms with E-state index in [9.17, 15) is 13.2 Å². The average Bonchev–Trinajstić information content (AvgIpc) is 2.56. The van der Waals surface area contributed by atoms with Crippen LogP contribution >= 0.6 is 0 Å². The third-order valence-electron chi connectivity index (χ3n) is 3.18. The molecule has 10 heteroatoms. The number of primary sulfonamides is 1. The summed E-state index contributed by atoms with van der Waals surface area (Å²) in [4.78, 5) is 17.6. The molecule has 0 fully saturated rings. The zero-order valence-corrected chi connectivity index (χ0v) is 15.5. The molecule has 1 rings (SSSR count). The monoisotopic (exact) mass is 371 g/mol. The smallest absolute Gasteiger partial charge is 0.241 e. The van der Waals surface area contributed by atoms with Crippen molar-refractivity contribution in [3.8, 4) is 0 Å². The summed E-state index contributed by atoms with van der Waals surface area (Å²) in [6, 6.07) is 6.14. The van der Waals surface area contributed by atoms with Gasteiger partial charge in [0.05, 0.1) is 24.6 Å². The topological polar surface area (TPSA) is 126 Å². The van der Waals surface area contributed by atoms with Gasteiger partial charge in [0.1, 0.15) is 0 Å². The van der Waals surface area contributed by atoms with Gasteiger partial charge in [-0.05, 0) is 17.7 Å². The number of methoxy groups -OCH3 is 1. The SMILES string of the molecule is COCCNC(=NCc1ccc(S(N)(=O)=O)cc1)NCC(=O)N(C)C. The fraction of sp³-hybridized carbons (Fsp3) is 0.467. The standard InChI is InChI=1S/C15H25N5O4S/c1-20(2)14(21)11-19-15(17-8-9-24-3)18-10-12-4-6-13(7-5-12)25(16,22)23/h4-7H,8-11H2,1-3H3,(H2,16,22,23)(H2,17,18,19). The predicted octanol–water partition coefficient (Wildman–Crippen LogP) is -0.896. The molecule has 0 radical (unpaired) electrons. The lowest BCUT2D eigenvalue weighted by Crippen LogP contribution is -2.43. The molecule has 25 heavy (non-hydrogen) atoms. The first-order valence-electron chi connectivity index (χ1n) is 7.57. The van der Waals surface area contributed by atoms with Gasteiger partial charge in [-0.1, -0.05) is 12.1 Å². The van der Waals surface area contributed by atoms with Gasteiger partial charge in [0, 0.05) is 27.7 Å². The van der Waals surface area contributed by atoms with E-state index in [1.54, 1.807) is 33.3 Å². The van der Waals surface area contributed by atoms with Crippen molar-refractivity contribution in [3.63, 3.8) is 0 Å². The van der Waals surface area contributed by atoms with E-state index in [1.165, 1.54) is 17.0 Å². The van der Waals surface area contributed by atoms with Crippen molar-refractivity contribution in [2.24, 2.45) is 10.1 Å². The van der Waals surface area contributed by atoms with Gasteiger partial charge in [0.25, 0.3) is 0 Å². The van der Waals surface area contributed by atoms with Crippen LogP contribution in [0.3, 0.4) is 0 Å². The average molecular weight is 371 g/mol. The summed E-state index contributed by atoms with van der Waals surface area (Å²) in [6.07, 6.45) is 0.